The van der Waals surface area contributed by atoms with Crippen LogP contribution in [0.2, 0.25) is 0 Å². The van der Waals surface area contributed by atoms with Gasteiger partial charge in [0, 0.05) is 6.42 Å². The van der Waals surface area contributed by atoms with Crippen LogP contribution in [0.5, 0.6) is 0 Å². The Labute approximate surface area is 65.5 Å². The maximum Gasteiger partial charge on any atom is 0.303 e. The molecule has 0 fully saturated rings. The molecule has 0 saturated heterocycles. The van der Waals surface area contributed by atoms with Gasteiger partial charge in [-0.3, -0.25) is 4.79 Å². The second kappa shape index (κ2) is 5.09. The molecule has 0 amide bonds. The van der Waals surface area contributed by atoms with Crippen molar-refractivity contribution in [1.29, 1.82) is 0 Å². The molecular formula is C7H14O4. The standard InChI is InChI=1S/C7H14O4/c1-5(8)6(9)3-2-4-7(10)11/h5-6,8-9H,2-4H2,1H3,(H,10,11). The summed E-state index contributed by atoms with van der Waals surface area (Å²) in [6.07, 6.45) is -0.784. The van der Waals surface area contributed by atoms with Gasteiger partial charge in [-0.2, -0.15) is 0 Å². The van der Waals surface area contributed by atoms with E-state index in [1.165, 1.54) is 6.92 Å². The van der Waals surface area contributed by atoms with Crippen LogP contribution in [0.25, 0.3) is 0 Å². The zero-order chi connectivity index (χ0) is 8.85. The van der Waals surface area contributed by atoms with E-state index in [9.17, 15) is 4.79 Å². The summed E-state index contributed by atoms with van der Waals surface area (Å²) < 4.78 is 0. The van der Waals surface area contributed by atoms with Gasteiger partial charge in [-0.1, -0.05) is 0 Å². The Balaban J connectivity index is 3.31. The fourth-order valence-corrected chi connectivity index (χ4v) is 0.704. The molecule has 0 radical (unpaired) electrons. The third kappa shape index (κ3) is 5.82. The molecule has 0 heterocycles. The van der Waals surface area contributed by atoms with Crippen LogP contribution in [-0.4, -0.2) is 33.5 Å². The monoisotopic (exact) mass is 162 g/mol. The summed E-state index contributed by atoms with van der Waals surface area (Å²) in [5.41, 5.74) is 0. The zero-order valence-electron chi connectivity index (χ0n) is 6.53. The van der Waals surface area contributed by atoms with Crippen LogP contribution >= 0.6 is 0 Å². The van der Waals surface area contributed by atoms with Gasteiger partial charge in [0.05, 0.1) is 12.2 Å². The lowest BCUT2D eigenvalue weighted by Gasteiger charge is -2.11. The topological polar surface area (TPSA) is 77.8 Å². The first kappa shape index (κ1) is 10.4. The Morgan fingerprint density at radius 2 is 2.00 bits per heavy atom. The molecule has 0 rings (SSSR count). The molecule has 0 aromatic rings. The van der Waals surface area contributed by atoms with Gasteiger partial charge >= 0.3 is 5.97 Å². The van der Waals surface area contributed by atoms with Gasteiger partial charge < -0.3 is 15.3 Å². The highest BCUT2D eigenvalue weighted by Crippen LogP contribution is 2.04. The molecule has 11 heavy (non-hydrogen) atoms. The number of hydrogen-bond acceptors (Lipinski definition) is 3. The van der Waals surface area contributed by atoms with Crippen molar-refractivity contribution in [2.24, 2.45) is 0 Å². The Morgan fingerprint density at radius 3 is 2.36 bits per heavy atom. The fraction of sp³-hybridized carbons (Fsp3) is 0.857. The maximum absolute atomic E-state index is 10.0. The van der Waals surface area contributed by atoms with Crippen LogP contribution in [0.1, 0.15) is 26.2 Å². The van der Waals surface area contributed by atoms with Crippen molar-refractivity contribution in [3.8, 4) is 0 Å². The van der Waals surface area contributed by atoms with E-state index in [1.54, 1.807) is 0 Å². The third-order valence-corrected chi connectivity index (χ3v) is 1.45. The first-order valence-electron chi connectivity index (χ1n) is 3.62. The highest BCUT2D eigenvalue weighted by molar-refractivity contribution is 5.66. The van der Waals surface area contributed by atoms with E-state index in [-0.39, 0.29) is 6.42 Å². The number of aliphatic carboxylic acids is 1. The number of carboxylic acid groups (broad SMARTS) is 1. The Bertz CT molecular complexity index is 122. The van der Waals surface area contributed by atoms with Crippen molar-refractivity contribution in [1.82, 2.24) is 0 Å². The normalized spacial score (nSPS) is 15.9. The minimum absolute atomic E-state index is 0.0454. The van der Waals surface area contributed by atoms with Gasteiger partial charge in [0.2, 0.25) is 0 Å². The molecule has 0 aliphatic heterocycles. The van der Waals surface area contributed by atoms with Crippen molar-refractivity contribution in [2.75, 3.05) is 0 Å². The second-order valence-corrected chi connectivity index (χ2v) is 2.59. The van der Waals surface area contributed by atoms with Crippen molar-refractivity contribution < 1.29 is 20.1 Å². The van der Waals surface area contributed by atoms with Crippen molar-refractivity contribution in [3.05, 3.63) is 0 Å². The molecule has 2 atom stereocenters. The van der Waals surface area contributed by atoms with Gasteiger partial charge in [-0.05, 0) is 19.8 Å². The lowest BCUT2D eigenvalue weighted by molar-refractivity contribution is -0.137. The maximum atomic E-state index is 10.0. The van der Waals surface area contributed by atoms with E-state index in [4.69, 9.17) is 15.3 Å². The molecule has 0 aliphatic carbocycles. The zero-order valence-corrected chi connectivity index (χ0v) is 6.53. The van der Waals surface area contributed by atoms with E-state index in [0.717, 1.165) is 0 Å². The average molecular weight is 162 g/mol. The molecule has 0 saturated carbocycles. The van der Waals surface area contributed by atoms with Crippen LogP contribution < -0.4 is 0 Å². The van der Waals surface area contributed by atoms with Crippen LogP contribution in [0.4, 0.5) is 0 Å². The molecule has 0 aromatic carbocycles. The van der Waals surface area contributed by atoms with Crippen molar-refractivity contribution >= 4 is 5.97 Å². The minimum Gasteiger partial charge on any atom is -0.481 e. The number of carboxylic acids is 1. The number of hydrogen-bond donors (Lipinski definition) is 3. The molecular weight excluding hydrogens is 148 g/mol. The highest BCUT2D eigenvalue weighted by atomic mass is 16.4. The predicted octanol–water partition coefficient (Wildman–Crippen LogP) is -0.0170. The molecule has 2 unspecified atom stereocenters. The Morgan fingerprint density at radius 1 is 1.45 bits per heavy atom. The summed E-state index contributed by atoms with van der Waals surface area (Å²) in [7, 11) is 0. The first-order chi connectivity index (χ1) is 5.04. The molecule has 0 aliphatic rings. The quantitative estimate of drug-likeness (QED) is 0.531. The number of rotatable bonds is 5. The van der Waals surface area contributed by atoms with Gasteiger partial charge in [0.15, 0.2) is 0 Å². The van der Waals surface area contributed by atoms with Crippen LogP contribution in [0.15, 0.2) is 0 Å². The third-order valence-electron chi connectivity index (χ3n) is 1.45. The largest absolute Gasteiger partial charge is 0.481 e. The van der Waals surface area contributed by atoms with Gasteiger partial charge in [0.25, 0.3) is 0 Å². The van der Waals surface area contributed by atoms with Gasteiger partial charge in [0.1, 0.15) is 0 Å². The second-order valence-electron chi connectivity index (χ2n) is 2.59. The SMILES string of the molecule is CC(O)C(O)CCCC(=O)O. The summed E-state index contributed by atoms with van der Waals surface area (Å²) in [6.45, 7) is 1.48. The number of aliphatic hydroxyl groups is 2. The van der Waals surface area contributed by atoms with Crippen molar-refractivity contribution in [2.45, 2.75) is 38.4 Å². The van der Waals surface area contributed by atoms with Gasteiger partial charge in [-0.15, -0.1) is 0 Å². The van der Waals surface area contributed by atoms with E-state index in [2.05, 4.69) is 0 Å². The lowest BCUT2D eigenvalue weighted by Crippen LogP contribution is -2.22. The summed E-state index contributed by atoms with van der Waals surface area (Å²) >= 11 is 0. The minimum atomic E-state index is -0.872. The summed E-state index contributed by atoms with van der Waals surface area (Å²) in [5, 5.41) is 26.0. The summed E-state index contributed by atoms with van der Waals surface area (Å²) in [4.78, 5) is 10.0. The molecule has 0 spiro atoms. The van der Waals surface area contributed by atoms with Crippen LogP contribution in [0, 0.1) is 0 Å². The van der Waals surface area contributed by atoms with E-state index in [0.29, 0.717) is 12.8 Å². The molecule has 66 valence electrons. The lowest BCUT2D eigenvalue weighted by atomic mass is 10.1. The summed E-state index contributed by atoms with van der Waals surface area (Å²) in [6, 6.07) is 0. The van der Waals surface area contributed by atoms with E-state index >= 15 is 0 Å². The van der Waals surface area contributed by atoms with E-state index < -0.39 is 18.2 Å². The first-order valence-corrected chi connectivity index (χ1v) is 3.62. The molecule has 4 nitrogen and oxygen atoms in total. The van der Waals surface area contributed by atoms with Crippen LogP contribution in [0.3, 0.4) is 0 Å². The predicted molar refractivity (Wildman–Crippen MR) is 39.2 cm³/mol. The fourth-order valence-electron chi connectivity index (χ4n) is 0.704. The average Bonchev–Trinajstić information content (AvgIpc) is 1.86. The summed E-state index contributed by atoms with van der Waals surface area (Å²) in [5.74, 6) is -0.872. The number of carbonyl (C=O) groups is 1. The van der Waals surface area contributed by atoms with Crippen molar-refractivity contribution in [3.63, 3.8) is 0 Å². The highest BCUT2D eigenvalue weighted by Gasteiger charge is 2.10. The smallest absolute Gasteiger partial charge is 0.303 e. The number of aliphatic hydroxyl groups excluding tert-OH is 2. The van der Waals surface area contributed by atoms with Crippen LogP contribution in [-0.2, 0) is 4.79 Å². The van der Waals surface area contributed by atoms with Gasteiger partial charge in [-0.25, -0.2) is 0 Å². The Hall–Kier alpha value is -0.610. The molecule has 3 N–H and O–H groups in total. The van der Waals surface area contributed by atoms with E-state index in [1.807, 2.05) is 0 Å². The Kier molecular flexibility index (Phi) is 4.81. The molecule has 4 heteroatoms. The molecule has 0 aromatic heterocycles. The molecule has 0 bridgehead atoms.